The van der Waals surface area contributed by atoms with Gasteiger partial charge >= 0.3 is 0 Å². The molecule has 1 rings (SSSR count). The highest BCUT2D eigenvalue weighted by Gasteiger charge is 2.14. The van der Waals surface area contributed by atoms with Crippen molar-refractivity contribution >= 4 is 17.5 Å². The molecule has 5 heteroatoms. The molecule has 0 aliphatic rings. The van der Waals surface area contributed by atoms with Crippen LogP contribution in [0.4, 0.5) is 0 Å². The summed E-state index contributed by atoms with van der Waals surface area (Å²) in [6.45, 7) is 3.28. The first-order valence-corrected chi connectivity index (χ1v) is 5.63. The van der Waals surface area contributed by atoms with Gasteiger partial charge in [0.25, 0.3) is 5.91 Å². The topological polar surface area (TPSA) is 58.6 Å². The van der Waals surface area contributed by atoms with Crippen LogP contribution in [0.1, 0.15) is 13.8 Å². The Bertz CT molecular complexity index is 388. The summed E-state index contributed by atoms with van der Waals surface area (Å²) in [5.41, 5.74) is -0.931. The van der Waals surface area contributed by atoms with Crippen LogP contribution >= 0.6 is 11.6 Å². The highest BCUT2D eigenvalue weighted by Crippen LogP contribution is 2.22. The first kappa shape index (κ1) is 13.8. The van der Waals surface area contributed by atoms with E-state index < -0.39 is 5.60 Å². The second-order valence-corrected chi connectivity index (χ2v) is 4.72. The van der Waals surface area contributed by atoms with Gasteiger partial charge in [-0.25, -0.2) is 0 Å². The molecular weight excluding hydrogens is 242 g/mol. The minimum absolute atomic E-state index is 0.125. The maximum Gasteiger partial charge on any atom is 0.258 e. The number of amides is 1. The number of nitrogens with one attached hydrogen (secondary N) is 1. The third-order valence-electron chi connectivity index (χ3n) is 1.91. The third kappa shape index (κ3) is 5.56. The molecule has 0 atom stereocenters. The average molecular weight is 258 g/mol. The maximum absolute atomic E-state index is 11.4. The highest BCUT2D eigenvalue weighted by atomic mass is 35.5. The monoisotopic (exact) mass is 257 g/mol. The molecule has 0 saturated heterocycles. The van der Waals surface area contributed by atoms with Gasteiger partial charge in [0.15, 0.2) is 6.61 Å². The van der Waals surface area contributed by atoms with Crippen molar-refractivity contribution in [1.29, 1.82) is 0 Å². The van der Waals surface area contributed by atoms with E-state index in [1.807, 2.05) is 0 Å². The molecular formula is C12H16ClNO3. The van der Waals surface area contributed by atoms with E-state index in [1.54, 1.807) is 38.1 Å². The van der Waals surface area contributed by atoms with Gasteiger partial charge in [0, 0.05) is 6.54 Å². The zero-order valence-corrected chi connectivity index (χ0v) is 10.6. The Kier molecular flexibility index (Phi) is 4.78. The number of aliphatic hydroxyl groups is 1. The Labute approximate surface area is 106 Å². The Hall–Kier alpha value is -1.26. The van der Waals surface area contributed by atoms with E-state index in [2.05, 4.69) is 5.32 Å². The van der Waals surface area contributed by atoms with Gasteiger partial charge in [0.2, 0.25) is 0 Å². The van der Waals surface area contributed by atoms with Gasteiger partial charge in [-0.15, -0.1) is 0 Å². The number of halogens is 1. The second kappa shape index (κ2) is 5.89. The molecule has 0 aliphatic carbocycles. The first-order valence-electron chi connectivity index (χ1n) is 5.25. The molecule has 1 aromatic rings. The quantitative estimate of drug-likeness (QED) is 0.843. The Morgan fingerprint density at radius 3 is 2.71 bits per heavy atom. The zero-order chi connectivity index (χ0) is 12.9. The van der Waals surface area contributed by atoms with Crippen LogP contribution in [0.2, 0.25) is 5.02 Å². The van der Waals surface area contributed by atoms with Crippen LogP contribution in [0.25, 0.3) is 0 Å². The number of hydrogen-bond acceptors (Lipinski definition) is 3. The minimum atomic E-state index is -0.931. The van der Waals surface area contributed by atoms with Crippen molar-refractivity contribution in [3.8, 4) is 5.75 Å². The van der Waals surface area contributed by atoms with E-state index in [0.717, 1.165) is 0 Å². The van der Waals surface area contributed by atoms with Crippen molar-refractivity contribution < 1.29 is 14.6 Å². The molecule has 0 aliphatic heterocycles. The summed E-state index contributed by atoms with van der Waals surface area (Å²) in [5.74, 6) is 0.166. The van der Waals surface area contributed by atoms with Crippen molar-refractivity contribution in [2.45, 2.75) is 19.4 Å². The predicted molar refractivity (Wildman–Crippen MR) is 66.3 cm³/mol. The molecule has 0 saturated carbocycles. The first-order chi connectivity index (χ1) is 7.88. The molecule has 17 heavy (non-hydrogen) atoms. The fourth-order valence-electron chi connectivity index (χ4n) is 1.07. The van der Waals surface area contributed by atoms with Gasteiger partial charge in [0.05, 0.1) is 10.6 Å². The van der Waals surface area contributed by atoms with Gasteiger partial charge in [-0.1, -0.05) is 23.7 Å². The van der Waals surface area contributed by atoms with Crippen LogP contribution in [0, 0.1) is 0 Å². The number of para-hydroxylation sites is 1. The molecule has 1 amide bonds. The molecule has 4 nitrogen and oxygen atoms in total. The standard InChI is InChI=1S/C12H16ClNO3/c1-12(2,16)8-14-11(15)7-17-10-6-4-3-5-9(10)13/h3-6,16H,7-8H2,1-2H3,(H,14,15). The Morgan fingerprint density at radius 2 is 2.12 bits per heavy atom. The molecule has 0 fully saturated rings. The van der Waals surface area contributed by atoms with Crippen LogP contribution in [0.15, 0.2) is 24.3 Å². The Balaban J connectivity index is 2.36. The van der Waals surface area contributed by atoms with Crippen molar-refractivity contribution in [2.24, 2.45) is 0 Å². The lowest BCUT2D eigenvalue weighted by Gasteiger charge is -2.17. The van der Waals surface area contributed by atoms with Crippen molar-refractivity contribution in [1.82, 2.24) is 5.32 Å². The molecule has 1 aromatic carbocycles. The summed E-state index contributed by atoms with van der Waals surface area (Å²) in [5, 5.41) is 12.4. The molecule has 0 unspecified atom stereocenters. The van der Waals surface area contributed by atoms with E-state index >= 15 is 0 Å². The molecule has 2 N–H and O–H groups in total. The maximum atomic E-state index is 11.4. The number of benzene rings is 1. The summed E-state index contributed by atoms with van der Waals surface area (Å²) >= 11 is 5.86. The number of hydrogen-bond donors (Lipinski definition) is 2. The third-order valence-corrected chi connectivity index (χ3v) is 2.23. The number of ether oxygens (including phenoxy) is 1. The summed E-state index contributed by atoms with van der Waals surface area (Å²) < 4.78 is 5.24. The molecule has 0 heterocycles. The van der Waals surface area contributed by atoms with Crippen molar-refractivity contribution in [2.75, 3.05) is 13.2 Å². The normalized spacial score (nSPS) is 11.1. The molecule has 0 spiro atoms. The van der Waals surface area contributed by atoms with E-state index in [4.69, 9.17) is 16.3 Å². The molecule has 94 valence electrons. The van der Waals surface area contributed by atoms with E-state index in [9.17, 15) is 9.90 Å². The highest BCUT2D eigenvalue weighted by molar-refractivity contribution is 6.32. The average Bonchev–Trinajstić information content (AvgIpc) is 2.24. The van der Waals surface area contributed by atoms with Crippen LogP contribution in [0.3, 0.4) is 0 Å². The van der Waals surface area contributed by atoms with Gasteiger partial charge in [-0.2, -0.15) is 0 Å². The van der Waals surface area contributed by atoms with E-state index in [-0.39, 0.29) is 19.1 Å². The van der Waals surface area contributed by atoms with E-state index in [0.29, 0.717) is 10.8 Å². The van der Waals surface area contributed by atoms with E-state index in [1.165, 1.54) is 0 Å². The zero-order valence-electron chi connectivity index (χ0n) is 9.87. The lowest BCUT2D eigenvalue weighted by Crippen LogP contribution is -2.40. The second-order valence-electron chi connectivity index (χ2n) is 4.31. The lowest BCUT2D eigenvalue weighted by molar-refractivity contribution is -0.124. The fraction of sp³-hybridized carbons (Fsp3) is 0.417. The minimum Gasteiger partial charge on any atom is -0.482 e. The smallest absolute Gasteiger partial charge is 0.258 e. The van der Waals surface area contributed by atoms with Crippen molar-refractivity contribution in [3.63, 3.8) is 0 Å². The molecule has 0 aromatic heterocycles. The number of carbonyl (C=O) groups is 1. The van der Waals surface area contributed by atoms with Gasteiger partial charge < -0.3 is 15.2 Å². The Morgan fingerprint density at radius 1 is 1.47 bits per heavy atom. The number of carbonyl (C=O) groups excluding carboxylic acids is 1. The largest absolute Gasteiger partial charge is 0.482 e. The summed E-state index contributed by atoms with van der Waals surface area (Å²) in [7, 11) is 0. The van der Waals surface area contributed by atoms with Gasteiger partial charge in [-0.3, -0.25) is 4.79 Å². The van der Waals surface area contributed by atoms with Crippen LogP contribution in [0.5, 0.6) is 5.75 Å². The van der Waals surface area contributed by atoms with Crippen LogP contribution < -0.4 is 10.1 Å². The van der Waals surface area contributed by atoms with Crippen LogP contribution in [-0.2, 0) is 4.79 Å². The van der Waals surface area contributed by atoms with Crippen molar-refractivity contribution in [3.05, 3.63) is 29.3 Å². The summed E-state index contributed by atoms with van der Waals surface area (Å²) in [4.78, 5) is 11.4. The number of rotatable bonds is 5. The summed E-state index contributed by atoms with van der Waals surface area (Å²) in [6, 6.07) is 6.93. The SMILES string of the molecule is CC(C)(O)CNC(=O)COc1ccccc1Cl. The fourth-order valence-corrected chi connectivity index (χ4v) is 1.26. The van der Waals surface area contributed by atoms with Gasteiger partial charge in [-0.05, 0) is 26.0 Å². The molecule has 0 radical (unpaired) electrons. The van der Waals surface area contributed by atoms with Gasteiger partial charge in [0.1, 0.15) is 5.75 Å². The molecule has 0 bridgehead atoms. The summed E-state index contributed by atoms with van der Waals surface area (Å²) in [6.07, 6.45) is 0. The predicted octanol–water partition coefficient (Wildman–Crippen LogP) is 1.61. The lowest BCUT2D eigenvalue weighted by atomic mass is 10.1. The van der Waals surface area contributed by atoms with Crippen LogP contribution in [-0.4, -0.2) is 29.8 Å².